The first-order valence-corrected chi connectivity index (χ1v) is 7.92. The fraction of sp³-hybridized carbons (Fsp3) is 0.267. The molecular weight excluding hydrogens is 338 g/mol. The Labute approximate surface area is 131 Å². The molecule has 0 saturated carbocycles. The quantitative estimate of drug-likeness (QED) is 0.823. The number of hydrogen-bond donors (Lipinski definition) is 1. The number of benzene rings is 1. The Kier molecular flexibility index (Phi) is 5.34. The molecule has 5 heteroatoms. The number of thiophene rings is 1. The first-order chi connectivity index (χ1) is 9.63. The second kappa shape index (κ2) is 7.02. The van der Waals surface area contributed by atoms with Crippen LogP contribution in [-0.2, 0) is 9.53 Å². The number of ether oxygens (including phenoxy) is 1. The van der Waals surface area contributed by atoms with Gasteiger partial charge in [0.05, 0.1) is 7.11 Å². The molecule has 0 spiro atoms. The summed E-state index contributed by atoms with van der Waals surface area (Å²) in [5.74, 6) is -0.282. The van der Waals surface area contributed by atoms with Crippen molar-refractivity contribution in [2.24, 2.45) is 0 Å². The van der Waals surface area contributed by atoms with E-state index in [-0.39, 0.29) is 12.0 Å². The molecule has 2 atom stereocenters. The predicted octanol–water partition coefficient (Wildman–Crippen LogP) is 4.08. The highest BCUT2D eigenvalue weighted by Crippen LogP contribution is 2.30. The number of halogens is 1. The fourth-order valence-electron chi connectivity index (χ4n) is 2.00. The molecule has 0 aliphatic rings. The van der Waals surface area contributed by atoms with Gasteiger partial charge in [-0.15, -0.1) is 11.3 Å². The van der Waals surface area contributed by atoms with Crippen LogP contribution < -0.4 is 5.32 Å². The SMILES string of the molecule is COC(=O)C(NC(C)c1sccc1Br)c1ccccc1. The first kappa shape index (κ1) is 15.2. The molecule has 2 aromatic rings. The van der Waals surface area contributed by atoms with Gasteiger partial charge >= 0.3 is 5.97 Å². The number of hydrogen-bond acceptors (Lipinski definition) is 4. The van der Waals surface area contributed by atoms with E-state index < -0.39 is 6.04 Å². The molecule has 0 aliphatic heterocycles. The van der Waals surface area contributed by atoms with Crippen molar-refractivity contribution in [1.82, 2.24) is 5.32 Å². The highest BCUT2D eigenvalue weighted by molar-refractivity contribution is 9.10. The molecule has 2 unspecified atom stereocenters. The maximum atomic E-state index is 12.0. The van der Waals surface area contributed by atoms with E-state index in [4.69, 9.17) is 4.74 Å². The largest absolute Gasteiger partial charge is 0.468 e. The van der Waals surface area contributed by atoms with Crippen molar-refractivity contribution in [2.45, 2.75) is 19.0 Å². The maximum absolute atomic E-state index is 12.0. The molecule has 0 bridgehead atoms. The number of carbonyl (C=O) groups excluding carboxylic acids is 1. The average molecular weight is 354 g/mol. The number of esters is 1. The Morgan fingerprint density at radius 3 is 2.55 bits per heavy atom. The Bertz CT molecular complexity index is 570. The first-order valence-electron chi connectivity index (χ1n) is 6.25. The molecule has 1 aromatic heterocycles. The highest BCUT2D eigenvalue weighted by atomic mass is 79.9. The topological polar surface area (TPSA) is 38.3 Å². The van der Waals surface area contributed by atoms with Crippen molar-refractivity contribution in [1.29, 1.82) is 0 Å². The van der Waals surface area contributed by atoms with Crippen LogP contribution in [0, 0.1) is 0 Å². The summed E-state index contributed by atoms with van der Waals surface area (Å²) in [6, 6.07) is 11.2. The van der Waals surface area contributed by atoms with Gasteiger partial charge in [-0.25, -0.2) is 4.79 Å². The molecule has 0 saturated heterocycles. The summed E-state index contributed by atoms with van der Waals surface area (Å²) in [6.07, 6.45) is 0. The molecular formula is C15H16BrNO2S. The minimum Gasteiger partial charge on any atom is -0.468 e. The van der Waals surface area contributed by atoms with Crippen molar-refractivity contribution in [3.63, 3.8) is 0 Å². The number of rotatable bonds is 5. The molecule has 3 nitrogen and oxygen atoms in total. The van der Waals surface area contributed by atoms with Crippen LogP contribution >= 0.6 is 27.3 Å². The zero-order valence-electron chi connectivity index (χ0n) is 11.3. The van der Waals surface area contributed by atoms with Crippen LogP contribution in [0.4, 0.5) is 0 Å². The van der Waals surface area contributed by atoms with Crippen LogP contribution in [0.5, 0.6) is 0 Å². The van der Waals surface area contributed by atoms with E-state index in [0.717, 1.165) is 14.9 Å². The second-order valence-electron chi connectivity index (χ2n) is 4.39. The van der Waals surface area contributed by atoms with E-state index >= 15 is 0 Å². The van der Waals surface area contributed by atoms with E-state index in [1.165, 1.54) is 7.11 Å². The third kappa shape index (κ3) is 3.48. The Morgan fingerprint density at radius 1 is 1.30 bits per heavy atom. The predicted molar refractivity (Wildman–Crippen MR) is 84.8 cm³/mol. The minimum atomic E-state index is -0.467. The molecule has 106 valence electrons. The number of nitrogens with one attached hydrogen (secondary N) is 1. The van der Waals surface area contributed by atoms with Crippen molar-refractivity contribution < 1.29 is 9.53 Å². The van der Waals surface area contributed by atoms with Crippen LogP contribution in [-0.4, -0.2) is 13.1 Å². The van der Waals surface area contributed by atoms with Crippen molar-refractivity contribution in [3.05, 3.63) is 56.7 Å². The second-order valence-corrected chi connectivity index (χ2v) is 6.19. The van der Waals surface area contributed by atoms with E-state index in [2.05, 4.69) is 21.2 Å². The van der Waals surface area contributed by atoms with E-state index in [1.54, 1.807) is 11.3 Å². The van der Waals surface area contributed by atoms with Gasteiger partial charge in [0.15, 0.2) is 0 Å². The van der Waals surface area contributed by atoms with Gasteiger partial charge in [0, 0.05) is 15.4 Å². The summed E-state index contributed by atoms with van der Waals surface area (Å²) in [5.41, 5.74) is 0.902. The van der Waals surface area contributed by atoms with Crippen molar-refractivity contribution in [3.8, 4) is 0 Å². The van der Waals surface area contributed by atoms with Gasteiger partial charge in [-0.3, -0.25) is 5.32 Å². The third-order valence-corrected chi connectivity index (χ3v) is 5.08. The zero-order valence-corrected chi connectivity index (χ0v) is 13.7. The lowest BCUT2D eigenvalue weighted by Crippen LogP contribution is -2.31. The van der Waals surface area contributed by atoms with Gasteiger partial charge in [-0.1, -0.05) is 30.3 Å². The Morgan fingerprint density at radius 2 is 2.00 bits per heavy atom. The highest BCUT2D eigenvalue weighted by Gasteiger charge is 2.24. The van der Waals surface area contributed by atoms with Gasteiger partial charge in [-0.05, 0) is 39.9 Å². The van der Waals surface area contributed by atoms with Gasteiger partial charge < -0.3 is 4.74 Å². The van der Waals surface area contributed by atoms with Crippen LogP contribution in [0.2, 0.25) is 0 Å². The smallest absolute Gasteiger partial charge is 0.327 e. The molecule has 1 heterocycles. The normalized spacial score (nSPS) is 13.8. The summed E-state index contributed by atoms with van der Waals surface area (Å²) in [7, 11) is 1.41. The molecule has 0 amide bonds. The monoisotopic (exact) mass is 353 g/mol. The molecule has 0 aliphatic carbocycles. The Balaban J connectivity index is 2.21. The summed E-state index contributed by atoms with van der Waals surface area (Å²) in [4.78, 5) is 13.2. The number of methoxy groups -OCH3 is 1. The molecule has 0 fully saturated rings. The van der Waals surface area contributed by atoms with E-state index in [9.17, 15) is 4.79 Å². The molecule has 1 N–H and O–H groups in total. The average Bonchev–Trinajstić information content (AvgIpc) is 2.91. The Hall–Kier alpha value is -1.17. The van der Waals surface area contributed by atoms with Gasteiger partial charge in [0.1, 0.15) is 6.04 Å². The maximum Gasteiger partial charge on any atom is 0.327 e. The van der Waals surface area contributed by atoms with Gasteiger partial charge in [-0.2, -0.15) is 0 Å². The van der Waals surface area contributed by atoms with Crippen molar-refractivity contribution >= 4 is 33.2 Å². The van der Waals surface area contributed by atoms with Crippen LogP contribution in [0.1, 0.15) is 29.4 Å². The van der Waals surface area contributed by atoms with Crippen LogP contribution in [0.3, 0.4) is 0 Å². The molecule has 2 rings (SSSR count). The summed E-state index contributed by atoms with van der Waals surface area (Å²) >= 11 is 5.17. The number of carbonyl (C=O) groups is 1. The molecule has 0 radical (unpaired) electrons. The summed E-state index contributed by atoms with van der Waals surface area (Å²) in [5, 5.41) is 5.35. The van der Waals surface area contributed by atoms with Gasteiger partial charge in [0.25, 0.3) is 0 Å². The fourth-order valence-corrected chi connectivity index (χ4v) is 3.74. The summed E-state index contributed by atoms with van der Waals surface area (Å²) < 4.78 is 5.96. The molecule has 20 heavy (non-hydrogen) atoms. The van der Waals surface area contributed by atoms with Crippen molar-refractivity contribution in [2.75, 3.05) is 7.11 Å². The zero-order chi connectivity index (χ0) is 14.5. The van der Waals surface area contributed by atoms with E-state index in [1.807, 2.05) is 48.7 Å². The third-order valence-electron chi connectivity index (χ3n) is 3.02. The molecule has 1 aromatic carbocycles. The van der Waals surface area contributed by atoms with Crippen LogP contribution in [0.15, 0.2) is 46.3 Å². The lowest BCUT2D eigenvalue weighted by Gasteiger charge is -2.21. The minimum absolute atomic E-state index is 0.0497. The standard InChI is InChI=1S/C15H16BrNO2S/c1-10(14-12(16)8-9-20-14)17-13(15(18)19-2)11-6-4-3-5-7-11/h3-10,13,17H,1-2H3. The summed E-state index contributed by atoms with van der Waals surface area (Å²) in [6.45, 7) is 2.04. The lowest BCUT2D eigenvalue weighted by atomic mass is 10.1. The van der Waals surface area contributed by atoms with E-state index in [0.29, 0.717) is 0 Å². The van der Waals surface area contributed by atoms with Gasteiger partial charge in [0.2, 0.25) is 0 Å². The lowest BCUT2D eigenvalue weighted by molar-refractivity contribution is -0.143. The van der Waals surface area contributed by atoms with Crippen LogP contribution in [0.25, 0.3) is 0 Å².